The average molecular weight is 348 g/mol. The third-order valence-electron chi connectivity index (χ3n) is 3.95. The van der Waals surface area contributed by atoms with Crippen molar-refractivity contribution in [2.45, 2.75) is 11.1 Å². The van der Waals surface area contributed by atoms with Crippen LogP contribution >= 0.6 is 0 Å². The molecule has 4 aliphatic heterocycles. The summed E-state index contributed by atoms with van der Waals surface area (Å²) in [7, 11) is 0. The van der Waals surface area contributed by atoms with Gasteiger partial charge in [0.15, 0.2) is 0 Å². The second-order valence-corrected chi connectivity index (χ2v) is 6.12. The minimum absolute atomic E-state index is 0.207. The van der Waals surface area contributed by atoms with E-state index >= 15 is 0 Å². The number of hydrogen-bond acceptors (Lipinski definition) is 8. The van der Waals surface area contributed by atoms with Crippen LogP contribution in [0.25, 0.3) is 0 Å². The summed E-state index contributed by atoms with van der Waals surface area (Å²) in [6.07, 6.45) is 0. The number of carboxylic acids is 2. The molecule has 0 aliphatic carbocycles. The first kappa shape index (κ1) is 19.0. The van der Waals surface area contributed by atoms with Crippen LogP contribution < -0.4 is 10.6 Å². The summed E-state index contributed by atoms with van der Waals surface area (Å²) in [5, 5.41) is 21.5. The van der Waals surface area contributed by atoms with Crippen molar-refractivity contribution in [2.75, 3.05) is 65.9 Å². The zero-order valence-corrected chi connectivity index (χ0v) is 13.4. The first-order valence-electron chi connectivity index (χ1n) is 7.74. The molecule has 138 valence electrons. The highest BCUT2D eigenvalue weighted by atomic mass is 16.5. The zero-order valence-electron chi connectivity index (χ0n) is 13.4. The number of nitrogens with one attached hydrogen (secondary N) is 2. The summed E-state index contributed by atoms with van der Waals surface area (Å²) in [5.74, 6) is -3.65. The maximum atomic E-state index is 9.10. The van der Waals surface area contributed by atoms with Gasteiger partial charge in [-0.15, -0.1) is 0 Å². The molecule has 4 heterocycles. The van der Waals surface area contributed by atoms with Crippen LogP contribution in [0.1, 0.15) is 0 Å². The minimum Gasteiger partial charge on any atom is -0.473 e. The molecule has 2 spiro atoms. The third kappa shape index (κ3) is 5.36. The van der Waals surface area contributed by atoms with Gasteiger partial charge in [-0.05, 0) is 0 Å². The summed E-state index contributed by atoms with van der Waals surface area (Å²) in [6.45, 7) is 8.61. The fraction of sp³-hybridized carbons (Fsp3) is 0.857. The van der Waals surface area contributed by atoms with E-state index in [0.717, 1.165) is 65.9 Å². The Balaban J connectivity index is 0.000000134. The Morgan fingerprint density at radius 3 is 1.12 bits per heavy atom. The van der Waals surface area contributed by atoms with Gasteiger partial charge in [-0.25, -0.2) is 9.59 Å². The van der Waals surface area contributed by atoms with E-state index in [9.17, 15) is 0 Å². The Morgan fingerprint density at radius 2 is 1.00 bits per heavy atom. The number of ether oxygens (including phenoxy) is 4. The summed E-state index contributed by atoms with van der Waals surface area (Å²) in [6, 6.07) is 0. The number of carboxylic acid groups (broad SMARTS) is 2. The van der Waals surface area contributed by atoms with Gasteiger partial charge in [0.05, 0.1) is 63.9 Å². The zero-order chi connectivity index (χ0) is 17.5. The second-order valence-electron chi connectivity index (χ2n) is 6.12. The molecule has 4 rings (SSSR count). The van der Waals surface area contributed by atoms with E-state index in [1.165, 1.54) is 0 Å². The van der Waals surface area contributed by atoms with Crippen LogP contribution in [-0.2, 0) is 28.5 Å². The number of morpholine rings is 2. The molecule has 4 N–H and O–H groups in total. The molecule has 0 aromatic heterocycles. The van der Waals surface area contributed by atoms with Crippen LogP contribution in [0.3, 0.4) is 0 Å². The van der Waals surface area contributed by atoms with Gasteiger partial charge in [-0.2, -0.15) is 0 Å². The van der Waals surface area contributed by atoms with E-state index in [0.29, 0.717) is 0 Å². The summed E-state index contributed by atoms with van der Waals surface area (Å²) in [4.78, 5) is 18.2. The van der Waals surface area contributed by atoms with Crippen molar-refractivity contribution in [3.63, 3.8) is 0 Å². The monoisotopic (exact) mass is 348 g/mol. The number of carbonyl (C=O) groups is 2. The molecule has 4 saturated heterocycles. The molecular weight excluding hydrogens is 324 g/mol. The van der Waals surface area contributed by atoms with Gasteiger partial charge in [0.1, 0.15) is 0 Å². The standard InChI is InChI=1S/2C6H11NO2.C2H2O4/c2*1-2-8-3-6(7-1)4-9-5-6;3-1(4)2(5)6/h2*7H,1-5H2;(H,3,4)(H,5,6). The first-order valence-corrected chi connectivity index (χ1v) is 7.74. The minimum atomic E-state index is -1.82. The van der Waals surface area contributed by atoms with Gasteiger partial charge in [0, 0.05) is 13.1 Å². The number of rotatable bonds is 0. The van der Waals surface area contributed by atoms with Crippen molar-refractivity contribution in [2.24, 2.45) is 0 Å². The van der Waals surface area contributed by atoms with Crippen molar-refractivity contribution in [3.8, 4) is 0 Å². The van der Waals surface area contributed by atoms with Crippen LogP contribution in [0.15, 0.2) is 0 Å². The van der Waals surface area contributed by atoms with E-state index < -0.39 is 11.9 Å². The van der Waals surface area contributed by atoms with Crippen LogP contribution in [0.2, 0.25) is 0 Å². The van der Waals surface area contributed by atoms with Gasteiger partial charge in [-0.1, -0.05) is 0 Å². The molecule has 0 atom stereocenters. The summed E-state index contributed by atoms with van der Waals surface area (Å²) < 4.78 is 20.7. The molecule has 10 heteroatoms. The lowest BCUT2D eigenvalue weighted by atomic mass is 9.98. The molecule has 0 radical (unpaired) electrons. The first-order chi connectivity index (χ1) is 11.5. The van der Waals surface area contributed by atoms with Crippen molar-refractivity contribution in [1.82, 2.24) is 10.6 Å². The molecule has 0 aromatic rings. The van der Waals surface area contributed by atoms with Crippen LogP contribution in [0.4, 0.5) is 0 Å². The topological polar surface area (TPSA) is 136 Å². The van der Waals surface area contributed by atoms with E-state index in [2.05, 4.69) is 10.6 Å². The highest BCUT2D eigenvalue weighted by Crippen LogP contribution is 2.19. The Bertz CT molecular complexity index is 380. The normalized spacial score (nSPS) is 25.8. The lowest BCUT2D eigenvalue weighted by Gasteiger charge is -2.44. The average Bonchev–Trinajstić information content (AvgIpc) is 2.55. The molecule has 0 amide bonds. The maximum Gasteiger partial charge on any atom is 0.414 e. The Kier molecular flexibility index (Phi) is 6.90. The van der Waals surface area contributed by atoms with Crippen LogP contribution in [-0.4, -0.2) is 99.2 Å². The second kappa shape index (κ2) is 8.70. The lowest BCUT2D eigenvalue weighted by Crippen LogP contribution is -2.66. The van der Waals surface area contributed by atoms with Crippen molar-refractivity contribution in [3.05, 3.63) is 0 Å². The van der Waals surface area contributed by atoms with E-state index in [1.54, 1.807) is 0 Å². The highest BCUT2D eigenvalue weighted by Gasteiger charge is 2.40. The van der Waals surface area contributed by atoms with Gasteiger partial charge in [-0.3, -0.25) is 0 Å². The molecule has 0 aromatic carbocycles. The SMILES string of the molecule is C1COCC2(COC2)N1.C1COCC2(COC2)N1.O=C(O)C(=O)O. The summed E-state index contributed by atoms with van der Waals surface area (Å²) in [5.41, 5.74) is 0.413. The third-order valence-corrected chi connectivity index (χ3v) is 3.95. The van der Waals surface area contributed by atoms with Crippen molar-refractivity contribution in [1.29, 1.82) is 0 Å². The largest absolute Gasteiger partial charge is 0.473 e. The Hall–Kier alpha value is -1.30. The predicted octanol–water partition coefficient (Wildman–Crippen LogP) is -2.09. The smallest absolute Gasteiger partial charge is 0.414 e. The van der Waals surface area contributed by atoms with E-state index in [1.807, 2.05) is 0 Å². The number of aliphatic carboxylic acids is 2. The molecule has 0 unspecified atom stereocenters. The molecule has 10 nitrogen and oxygen atoms in total. The Morgan fingerprint density at radius 1 is 0.667 bits per heavy atom. The molecule has 4 fully saturated rings. The highest BCUT2D eigenvalue weighted by molar-refractivity contribution is 6.27. The van der Waals surface area contributed by atoms with Gasteiger partial charge in [0.25, 0.3) is 0 Å². The fourth-order valence-corrected chi connectivity index (χ4v) is 2.48. The lowest BCUT2D eigenvalue weighted by molar-refractivity contribution is -0.159. The predicted molar refractivity (Wildman–Crippen MR) is 80.0 cm³/mol. The summed E-state index contributed by atoms with van der Waals surface area (Å²) >= 11 is 0. The van der Waals surface area contributed by atoms with Gasteiger partial charge < -0.3 is 39.8 Å². The fourth-order valence-electron chi connectivity index (χ4n) is 2.48. The van der Waals surface area contributed by atoms with E-state index in [4.69, 9.17) is 38.7 Å². The maximum absolute atomic E-state index is 9.10. The Labute approximate surface area is 139 Å². The molecular formula is C14H24N2O8. The quantitative estimate of drug-likeness (QED) is 0.361. The van der Waals surface area contributed by atoms with Crippen LogP contribution in [0.5, 0.6) is 0 Å². The van der Waals surface area contributed by atoms with Crippen molar-refractivity contribution >= 4 is 11.9 Å². The van der Waals surface area contributed by atoms with E-state index in [-0.39, 0.29) is 11.1 Å². The molecule has 24 heavy (non-hydrogen) atoms. The van der Waals surface area contributed by atoms with Gasteiger partial charge >= 0.3 is 11.9 Å². The molecule has 4 aliphatic rings. The van der Waals surface area contributed by atoms with Crippen LogP contribution in [0, 0.1) is 0 Å². The van der Waals surface area contributed by atoms with Crippen molar-refractivity contribution < 1.29 is 38.7 Å². The van der Waals surface area contributed by atoms with Gasteiger partial charge in [0.2, 0.25) is 0 Å². The number of hydrogen-bond donors (Lipinski definition) is 4. The molecule has 0 saturated carbocycles. The molecule has 0 bridgehead atoms.